The number of nitrogens with two attached hydrogens (primary N) is 1. The first-order chi connectivity index (χ1) is 8.65. The average molecular weight is 326 g/mol. The van der Waals surface area contributed by atoms with Gasteiger partial charge in [-0.15, -0.1) is 11.3 Å². The first kappa shape index (κ1) is 13.0. The summed E-state index contributed by atoms with van der Waals surface area (Å²) in [6.45, 7) is 0.595. The highest BCUT2D eigenvalue weighted by Crippen LogP contribution is 2.22. The summed E-state index contributed by atoms with van der Waals surface area (Å²) in [5.74, 6) is -0.175. The highest BCUT2D eigenvalue weighted by atomic mass is 79.9. The summed E-state index contributed by atoms with van der Waals surface area (Å²) >= 11 is 5.08. The van der Waals surface area contributed by atoms with Crippen molar-refractivity contribution in [3.8, 4) is 0 Å². The Balaban J connectivity index is 1.83. The van der Waals surface area contributed by atoms with E-state index in [4.69, 9.17) is 5.73 Å². The van der Waals surface area contributed by atoms with Crippen molar-refractivity contribution in [2.75, 3.05) is 12.3 Å². The summed E-state index contributed by atoms with van der Waals surface area (Å²) in [5.41, 5.74) is 6.44. The van der Waals surface area contributed by atoms with Crippen LogP contribution >= 0.6 is 27.3 Å². The molecule has 0 aliphatic heterocycles. The number of halogens is 1. The van der Waals surface area contributed by atoms with E-state index in [1.165, 1.54) is 11.1 Å². The Kier molecular flexibility index (Phi) is 4.33. The number of aromatic nitrogens is 1. The first-order valence-corrected chi connectivity index (χ1v) is 7.00. The molecule has 1 amide bonds. The molecule has 0 radical (unpaired) electrons. The van der Waals surface area contributed by atoms with Crippen LogP contribution in [0.1, 0.15) is 15.4 Å². The minimum atomic E-state index is -0.175. The number of carbonyl (C=O) groups is 1. The molecular formula is C12H12BrN3OS. The van der Waals surface area contributed by atoms with Gasteiger partial charge in [0, 0.05) is 11.4 Å². The number of nitrogen functional groups attached to an aromatic ring is 1. The van der Waals surface area contributed by atoms with E-state index in [1.54, 1.807) is 23.5 Å². The number of thiophene rings is 1. The summed E-state index contributed by atoms with van der Waals surface area (Å²) < 4.78 is 1.10. The summed E-state index contributed by atoms with van der Waals surface area (Å²) in [6, 6.07) is 7.33. The van der Waals surface area contributed by atoms with Crippen LogP contribution in [-0.4, -0.2) is 17.4 Å². The minimum Gasteiger partial charge on any atom is -0.397 e. The number of hydrogen-bond acceptors (Lipinski definition) is 4. The molecule has 94 valence electrons. The van der Waals surface area contributed by atoms with Gasteiger partial charge in [0.1, 0.15) is 5.69 Å². The molecule has 0 spiro atoms. The van der Waals surface area contributed by atoms with Gasteiger partial charge >= 0.3 is 0 Å². The van der Waals surface area contributed by atoms with Crippen molar-refractivity contribution in [1.82, 2.24) is 10.3 Å². The molecule has 3 N–H and O–H groups in total. The van der Waals surface area contributed by atoms with Crippen molar-refractivity contribution in [2.24, 2.45) is 0 Å². The fourth-order valence-corrected chi connectivity index (χ4v) is 2.90. The van der Waals surface area contributed by atoms with E-state index in [2.05, 4.69) is 26.2 Å². The van der Waals surface area contributed by atoms with Gasteiger partial charge in [0.2, 0.25) is 0 Å². The Labute approximate surface area is 117 Å². The topological polar surface area (TPSA) is 68.0 Å². The van der Waals surface area contributed by atoms with Crippen LogP contribution in [0.2, 0.25) is 0 Å². The Morgan fingerprint density at radius 2 is 2.22 bits per heavy atom. The van der Waals surface area contributed by atoms with Gasteiger partial charge in [0.15, 0.2) is 0 Å². The molecule has 2 aromatic heterocycles. The van der Waals surface area contributed by atoms with E-state index in [1.807, 2.05) is 12.1 Å². The third-order valence-electron chi connectivity index (χ3n) is 2.30. The zero-order valence-electron chi connectivity index (χ0n) is 9.52. The molecule has 2 rings (SSSR count). The lowest BCUT2D eigenvalue weighted by Gasteiger charge is -2.03. The predicted octanol–water partition coefficient (Wildman–Crippen LogP) is 2.46. The lowest BCUT2D eigenvalue weighted by molar-refractivity contribution is 0.0949. The molecule has 0 saturated carbocycles. The molecule has 0 unspecified atom stereocenters. The standard InChI is InChI=1S/C12H12BrN3OS/c13-11-4-2-9(18-11)5-6-15-12(17)10-3-1-8(14)7-16-10/h1-4,7H,5-6,14H2,(H,15,17). The number of rotatable bonds is 4. The van der Waals surface area contributed by atoms with E-state index < -0.39 is 0 Å². The van der Waals surface area contributed by atoms with Crippen molar-refractivity contribution in [3.05, 3.63) is 44.8 Å². The molecule has 2 aromatic rings. The van der Waals surface area contributed by atoms with E-state index in [0.717, 1.165) is 10.2 Å². The van der Waals surface area contributed by atoms with Gasteiger partial charge in [0.25, 0.3) is 5.91 Å². The number of nitrogens with one attached hydrogen (secondary N) is 1. The van der Waals surface area contributed by atoms with E-state index in [0.29, 0.717) is 17.9 Å². The molecule has 2 heterocycles. The van der Waals surface area contributed by atoms with E-state index >= 15 is 0 Å². The number of anilines is 1. The molecule has 0 bridgehead atoms. The van der Waals surface area contributed by atoms with Gasteiger partial charge in [-0.25, -0.2) is 4.98 Å². The van der Waals surface area contributed by atoms with Crippen LogP contribution in [0.15, 0.2) is 34.2 Å². The van der Waals surface area contributed by atoms with Gasteiger partial charge in [-0.2, -0.15) is 0 Å². The van der Waals surface area contributed by atoms with Crippen LogP contribution in [0.3, 0.4) is 0 Å². The summed E-state index contributed by atoms with van der Waals surface area (Å²) in [6.07, 6.45) is 2.29. The molecule has 0 aliphatic rings. The van der Waals surface area contributed by atoms with Gasteiger partial charge < -0.3 is 11.1 Å². The third-order valence-corrected chi connectivity index (χ3v) is 3.99. The first-order valence-electron chi connectivity index (χ1n) is 5.39. The zero-order valence-corrected chi connectivity index (χ0v) is 11.9. The molecule has 0 fully saturated rings. The Hall–Kier alpha value is -1.40. The maximum Gasteiger partial charge on any atom is 0.269 e. The molecular weight excluding hydrogens is 314 g/mol. The molecule has 6 heteroatoms. The quantitative estimate of drug-likeness (QED) is 0.907. The minimum absolute atomic E-state index is 0.175. The third kappa shape index (κ3) is 3.54. The number of nitrogens with zero attached hydrogens (tertiary/aromatic N) is 1. The molecule has 0 aromatic carbocycles. The Morgan fingerprint density at radius 1 is 1.39 bits per heavy atom. The largest absolute Gasteiger partial charge is 0.397 e. The van der Waals surface area contributed by atoms with Gasteiger partial charge in [-0.3, -0.25) is 4.79 Å². The van der Waals surface area contributed by atoms with Gasteiger partial charge in [0.05, 0.1) is 15.7 Å². The maximum atomic E-state index is 11.7. The SMILES string of the molecule is Nc1ccc(C(=O)NCCc2ccc(Br)s2)nc1. The Bertz CT molecular complexity index is 539. The second-order valence-corrected chi connectivity index (χ2v) is 6.24. The highest BCUT2D eigenvalue weighted by Gasteiger charge is 2.06. The molecule has 4 nitrogen and oxygen atoms in total. The zero-order chi connectivity index (χ0) is 13.0. The van der Waals surface area contributed by atoms with E-state index in [-0.39, 0.29) is 5.91 Å². The van der Waals surface area contributed by atoms with E-state index in [9.17, 15) is 4.79 Å². The van der Waals surface area contributed by atoms with Gasteiger partial charge in [-0.1, -0.05) is 0 Å². The lowest BCUT2D eigenvalue weighted by Crippen LogP contribution is -2.26. The fourth-order valence-electron chi connectivity index (χ4n) is 1.42. The number of pyridine rings is 1. The van der Waals surface area contributed by atoms with Crippen molar-refractivity contribution >= 4 is 38.9 Å². The second-order valence-electron chi connectivity index (χ2n) is 3.69. The normalized spacial score (nSPS) is 10.3. The van der Waals surface area contributed by atoms with Crippen molar-refractivity contribution in [2.45, 2.75) is 6.42 Å². The molecule has 18 heavy (non-hydrogen) atoms. The number of carbonyl (C=O) groups excluding carboxylic acids is 1. The summed E-state index contributed by atoms with van der Waals surface area (Å²) in [5, 5.41) is 2.83. The number of hydrogen-bond donors (Lipinski definition) is 2. The average Bonchev–Trinajstić information content (AvgIpc) is 2.76. The van der Waals surface area contributed by atoms with Crippen molar-refractivity contribution in [1.29, 1.82) is 0 Å². The van der Waals surface area contributed by atoms with Crippen LogP contribution in [0.25, 0.3) is 0 Å². The van der Waals surface area contributed by atoms with Gasteiger partial charge in [-0.05, 0) is 46.6 Å². The summed E-state index contributed by atoms with van der Waals surface area (Å²) in [4.78, 5) is 16.9. The molecule has 0 aliphatic carbocycles. The van der Waals surface area contributed by atoms with Crippen LogP contribution in [0.4, 0.5) is 5.69 Å². The number of amides is 1. The molecule has 0 atom stereocenters. The fraction of sp³-hybridized carbons (Fsp3) is 0.167. The maximum absolute atomic E-state index is 11.7. The van der Waals surface area contributed by atoms with Crippen LogP contribution in [-0.2, 0) is 6.42 Å². The second kappa shape index (κ2) is 5.97. The predicted molar refractivity (Wildman–Crippen MR) is 76.7 cm³/mol. The monoisotopic (exact) mass is 325 g/mol. The highest BCUT2D eigenvalue weighted by molar-refractivity contribution is 9.11. The van der Waals surface area contributed by atoms with Crippen LogP contribution in [0.5, 0.6) is 0 Å². The van der Waals surface area contributed by atoms with Crippen LogP contribution in [0, 0.1) is 0 Å². The van der Waals surface area contributed by atoms with Crippen molar-refractivity contribution < 1.29 is 4.79 Å². The van der Waals surface area contributed by atoms with Crippen LogP contribution < -0.4 is 11.1 Å². The summed E-state index contributed by atoms with van der Waals surface area (Å²) in [7, 11) is 0. The lowest BCUT2D eigenvalue weighted by atomic mass is 10.3. The Morgan fingerprint density at radius 3 is 2.83 bits per heavy atom. The molecule has 0 saturated heterocycles. The van der Waals surface area contributed by atoms with Crippen molar-refractivity contribution in [3.63, 3.8) is 0 Å². The smallest absolute Gasteiger partial charge is 0.269 e.